The predicted octanol–water partition coefficient (Wildman–Crippen LogP) is 1.81. The highest BCUT2D eigenvalue weighted by Crippen LogP contribution is 2.25. The summed E-state index contributed by atoms with van der Waals surface area (Å²) in [5.41, 5.74) is 2.07. The Kier molecular flexibility index (Phi) is 5.60. The highest BCUT2D eigenvalue weighted by atomic mass is 35.5. The summed E-state index contributed by atoms with van der Waals surface area (Å²) in [6.45, 7) is 1.68. The number of rotatable bonds is 4. The number of halogens is 1. The van der Waals surface area contributed by atoms with Gasteiger partial charge in [0, 0.05) is 10.9 Å². The highest BCUT2D eigenvalue weighted by Gasteiger charge is 2.16. The Bertz CT molecular complexity index is 666. The zero-order valence-electron chi connectivity index (χ0n) is 12.0. The molecule has 0 atom stereocenters. The molecule has 1 aromatic carbocycles. The Hall–Kier alpha value is -2.21. The van der Waals surface area contributed by atoms with E-state index in [1.165, 1.54) is 7.11 Å². The smallest absolute Gasteiger partial charge is 0.325 e. The number of aryl methyl sites for hydroxylation is 1. The normalized spacial score (nSPS) is 9.86. The number of H-pyrrole nitrogens is 1. The van der Waals surface area contributed by atoms with Gasteiger partial charge in [-0.2, -0.15) is 0 Å². The van der Waals surface area contributed by atoms with E-state index in [2.05, 4.69) is 15.0 Å². The quantitative estimate of drug-likeness (QED) is 0.844. The molecule has 2 rings (SSSR count). The van der Waals surface area contributed by atoms with Crippen molar-refractivity contribution in [2.45, 2.75) is 6.92 Å². The van der Waals surface area contributed by atoms with E-state index >= 15 is 0 Å². The van der Waals surface area contributed by atoms with Gasteiger partial charge < -0.3 is 19.8 Å². The van der Waals surface area contributed by atoms with Gasteiger partial charge >= 0.3 is 5.97 Å². The largest absolute Gasteiger partial charge is 0.497 e. The molecule has 2 N–H and O–H groups in total. The maximum atomic E-state index is 12.0. The summed E-state index contributed by atoms with van der Waals surface area (Å²) in [5.74, 6) is -0.113. The van der Waals surface area contributed by atoms with Gasteiger partial charge in [0.2, 0.25) is 0 Å². The van der Waals surface area contributed by atoms with E-state index in [0.29, 0.717) is 5.69 Å². The Labute approximate surface area is 128 Å². The van der Waals surface area contributed by atoms with Gasteiger partial charge in [-0.3, -0.25) is 9.59 Å². The molecule has 0 saturated carbocycles. The van der Waals surface area contributed by atoms with Crippen molar-refractivity contribution in [3.63, 3.8) is 0 Å². The average molecular weight is 313 g/mol. The topological polar surface area (TPSA) is 80.4 Å². The first-order valence-corrected chi connectivity index (χ1v) is 6.08. The number of ether oxygens (including phenoxy) is 2. The third-order valence-corrected chi connectivity index (χ3v) is 3.11. The molecule has 0 aliphatic carbocycles. The zero-order chi connectivity index (χ0) is 14.7. The van der Waals surface area contributed by atoms with E-state index in [9.17, 15) is 9.59 Å². The SMILES string of the molecule is COC(=O)CNC(=O)c1[nH]c2ccc(OC)cc2c1C.Cl. The van der Waals surface area contributed by atoms with Gasteiger partial charge in [0.1, 0.15) is 18.0 Å². The minimum Gasteiger partial charge on any atom is -0.497 e. The number of benzene rings is 1. The second kappa shape index (κ2) is 6.99. The van der Waals surface area contributed by atoms with Crippen molar-refractivity contribution < 1.29 is 19.1 Å². The van der Waals surface area contributed by atoms with Crippen LogP contribution in [0.5, 0.6) is 5.75 Å². The van der Waals surface area contributed by atoms with Crippen LogP contribution in [-0.2, 0) is 9.53 Å². The van der Waals surface area contributed by atoms with Crippen molar-refractivity contribution in [3.05, 3.63) is 29.5 Å². The second-order valence-electron chi connectivity index (χ2n) is 4.30. The van der Waals surface area contributed by atoms with E-state index in [0.717, 1.165) is 22.2 Å². The van der Waals surface area contributed by atoms with Crippen LogP contribution in [0.25, 0.3) is 10.9 Å². The molecule has 0 aliphatic rings. The number of hydrogen-bond acceptors (Lipinski definition) is 4. The first kappa shape index (κ1) is 16.8. The number of carbonyl (C=O) groups is 2. The lowest BCUT2D eigenvalue weighted by molar-refractivity contribution is -0.139. The van der Waals surface area contributed by atoms with Crippen molar-refractivity contribution in [1.82, 2.24) is 10.3 Å². The molecule has 0 spiro atoms. The Balaban J connectivity index is 0.00000220. The molecule has 0 bridgehead atoms. The summed E-state index contributed by atoms with van der Waals surface area (Å²) in [6, 6.07) is 5.52. The van der Waals surface area contributed by atoms with Gasteiger partial charge in [-0.25, -0.2) is 0 Å². The molecule has 0 unspecified atom stereocenters. The van der Waals surface area contributed by atoms with Crippen molar-refractivity contribution >= 4 is 35.2 Å². The number of hydrogen-bond donors (Lipinski definition) is 2. The van der Waals surface area contributed by atoms with Crippen LogP contribution in [0.3, 0.4) is 0 Å². The van der Waals surface area contributed by atoms with E-state index in [-0.39, 0.29) is 24.9 Å². The molecule has 0 radical (unpaired) electrons. The third-order valence-electron chi connectivity index (χ3n) is 3.11. The molecule has 1 heterocycles. The monoisotopic (exact) mass is 312 g/mol. The fourth-order valence-corrected chi connectivity index (χ4v) is 1.97. The van der Waals surface area contributed by atoms with Crippen LogP contribution >= 0.6 is 12.4 Å². The number of aromatic amines is 1. The van der Waals surface area contributed by atoms with Crippen LogP contribution in [0.1, 0.15) is 16.1 Å². The molecule has 1 aromatic heterocycles. The minimum absolute atomic E-state index is 0. The van der Waals surface area contributed by atoms with Crippen LogP contribution < -0.4 is 10.1 Å². The first-order valence-electron chi connectivity index (χ1n) is 6.08. The van der Waals surface area contributed by atoms with Crippen LogP contribution in [0.4, 0.5) is 0 Å². The summed E-state index contributed by atoms with van der Waals surface area (Å²) in [7, 11) is 2.86. The lowest BCUT2D eigenvalue weighted by atomic mass is 10.1. The van der Waals surface area contributed by atoms with Gasteiger partial charge in [0.15, 0.2) is 0 Å². The molecular weight excluding hydrogens is 296 g/mol. The molecular formula is C14H17ClN2O4. The fourth-order valence-electron chi connectivity index (χ4n) is 1.97. The van der Waals surface area contributed by atoms with Gasteiger partial charge in [-0.1, -0.05) is 0 Å². The number of carbonyl (C=O) groups excluding carboxylic acids is 2. The lowest BCUT2D eigenvalue weighted by Crippen LogP contribution is -2.30. The van der Waals surface area contributed by atoms with Gasteiger partial charge in [-0.15, -0.1) is 12.4 Å². The van der Waals surface area contributed by atoms with Crippen LogP contribution in [0.15, 0.2) is 18.2 Å². The van der Waals surface area contributed by atoms with E-state index < -0.39 is 5.97 Å². The lowest BCUT2D eigenvalue weighted by Gasteiger charge is -2.03. The Morgan fingerprint density at radius 1 is 1.29 bits per heavy atom. The predicted molar refractivity (Wildman–Crippen MR) is 81.2 cm³/mol. The maximum Gasteiger partial charge on any atom is 0.325 e. The summed E-state index contributed by atoms with van der Waals surface area (Å²) in [5, 5.41) is 3.41. The zero-order valence-corrected chi connectivity index (χ0v) is 12.8. The van der Waals surface area contributed by atoms with Crippen LogP contribution in [0, 0.1) is 6.92 Å². The second-order valence-corrected chi connectivity index (χ2v) is 4.30. The van der Waals surface area contributed by atoms with E-state index in [1.54, 1.807) is 7.11 Å². The van der Waals surface area contributed by atoms with E-state index in [1.807, 2.05) is 25.1 Å². The standard InChI is InChI=1S/C14H16N2O4.ClH/c1-8-10-6-9(19-2)4-5-11(10)16-13(8)14(18)15-7-12(17)20-3;/h4-6,16H,7H2,1-3H3,(H,15,18);1H. The summed E-state index contributed by atoms with van der Waals surface area (Å²) < 4.78 is 9.64. The minimum atomic E-state index is -0.492. The summed E-state index contributed by atoms with van der Waals surface area (Å²) in [4.78, 5) is 26.1. The Morgan fingerprint density at radius 2 is 2.00 bits per heavy atom. The maximum absolute atomic E-state index is 12.0. The first-order chi connectivity index (χ1) is 9.56. The fraction of sp³-hybridized carbons (Fsp3) is 0.286. The molecule has 0 aliphatic heterocycles. The van der Waals surface area contributed by atoms with Crippen LogP contribution in [-0.4, -0.2) is 37.6 Å². The van der Waals surface area contributed by atoms with Crippen LogP contribution in [0.2, 0.25) is 0 Å². The number of amides is 1. The van der Waals surface area contributed by atoms with Crippen molar-refractivity contribution in [2.24, 2.45) is 0 Å². The average Bonchev–Trinajstić information content (AvgIpc) is 2.81. The molecule has 1 amide bonds. The molecule has 21 heavy (non-hydrogen) atoms. The molecule has 114 valence electrons. The molecule has 0 fully saturated rings. The number of methoxy groups -OCH3 is 2. The molecule has 2 aromatic rings. The number of aromatic nitrogens is 1. The summed E-state index contributed by atoms with van der Waals surface area (Å²) in [6.07, 6.45) is 0. The highest BCUT2D eigenvalue weighted by molar-refractivity contribution is 6.02. The van der Waals surface area contributed by atoms with Crippen molar-refractivity contribution in [3.8, 4) is 5.75 Å². The molecule has 7 heteroatoms. The van der Waals surface area contributed by atoms with Gasteiger partial charge in [-0.05, 0) is 30.7 Å². The van der Waals surface area contributed by atoms with E-state index in [4.69, 9.17) is 4.74 Å². The number of fused-ring (bicyclic) bond motifs is 1. The third kappa shape index (κ3) is 3.46. The molecule has 6 nitrogen and oxygen atoms in total. The number of esters is 1. The Morgan fingerprint density at radius 3 is 2.62 bits per heavy atom. The van der Waals surface area contributed by atoms with Crippen molar-refractivity contribution in [2.75, 3.05) is 20.8 Å². The summed E-state index contributed by atoms with van der Waals surface area (Å²) >= 11 is 0. The molecule has 0 saturated heterocycles. The number of nitrogens with one attached hydrogen (secondary N) is 2. The van der Waals surface area contributed by atoms with Gasteiger partial charge in [0.05, 0.1) is 14.2 Å². The van der Waals surface area contributed by atoms with Crippen molar-refractivity contribution in [1.29, 1.82) is 0 Å². The van der Waals surface area contributed by atoms with Gasteiger partial charge in [0.25, 0.3) is 5.91 Å².